The van der Waals surface area contributed by atoms with Crippen LogP contribution in [0.15, 0.2) is 11.6 Å². The van der Waals surface area contributed by atoms with Gasteiger partial charge in [0.05, 0.1) is 63.1 Å². The van der Waals surface area contributed by atoms with Gasteiger partial charge in [0.1, 0.15) is 91.6 Å². The lowest BCUT2D eigenvalue weighted by Crippen LogP contribution is -2.67. The van der Waals surface area contributed by atoms with E-state index in [1.807, 2.05) is 6.92 Å². The normalized spacial score (nSPS) is 54.8. The zero-order chi connectivity index (χ0) is 61.5. The molecule has 14 N–H and O–H groups in total. The van der Waals surface area contributed by atoms with E-state index in [0.29, 0.717) is 43.4 Å². The summed E-state index contributed by atoms with van der Waals surface area (Å²) in [5.41, 5.74) is 1.05. The maximum Gasteiger partial charge on any atom is 0.187 e. The molecule has 10 aliphatic rings. The third-order valence-electron chi connectivity index (χ3n) is 22.3. The Morgan fingerprint density at radius 2 is 1.15 bits per heavy atom. The third kappa shape index (κ3) is 12.1. The largest absolute Gasteiger partial charge is 0.394 e. The van der Waals surface area contributed by atoms with Gasteiger partial charge < -0.3 is 128 Å². The first-order chi connectivity index (χ1) is 40.2. The predicted molar refractivity (Wildman–Crippen MR) is 289 cm³/mol. The van der Waals surface area contributed by atoms with Crippen LogP contribution in [0.1, 0.15) is 106 Å². The average Bonchev–Trinajstić information content (AvgIpc) is 1.61. The van der Waals surface area contributed by atoms with Crippen LogP contribution in [-0.2, 0) is 56.8 Å². The second-order valence-electron chi connectivity index (χ2n) is 27.2. The minimum Gasteiger partial charge on any atom is -0.394 e. The molecule has 6 saturated heterocycles. The quantitative estimate of drug-likeness (QED) is 0.0646. The maximum absolute atomic E-state index is 12.0. The van der Waals surface area contributed by atoms with Crippen LogP contribution < -0.4 is 0 Å². The third-order valence-corrected chi connectivity index (χ3v) is 22.3. The molecule has 10 rings (SSSR count). The molecule has 0 bridgehead atoms. The van der Waals surface area contributed by atoms with Gasteiger partial charge in [0, 0.05) is 25.4 Å². The molecular weight excluding hydrogens is 1120 g/mol. The molecule has 0 aromatic rings. The Labute approximate surface area is 496 Å². The van der Waals surface area contributed by atoms with Crippen LogP contribution in [0.2, 0.25) is 0 Å². The van der Waals surface area contributed by atoms with Crippen LogP contribution in [0.4, 0.5) is 0 Å². The average molecular weight is 1220 g/mol. The van der Waals surface area contributed by atoms with Crippen LogP contribution in [0.3, 0.4) is 0 Å². The number of ether oxygens (including phenoxy) is 12. The maximum atomic E-state index is 12.0. The molecule has 0 spiro atoms. The Bertz CT molecular complexity index is 2230. The fourth-order valence-electron chi connectivity index (χ4n) is 16.9. The molecule has 0 aromatic carbocycles. The van der Waals surface area contributed by atoms with Crippen molar-refractivity contribution in [3.63, 3.8) is 0 Å². The van der Waals surface area contributed by atoms with Gasteiger partial charge in [-0.2, -0.15) is 0 Å². The van der Waals surface area contributed by atoms with E-state index >= 15 is 0 Å². The van der Waals surface area contributed by atoms with Gasteiger partial charge >= 0.3 is 0 Å². The smallest absolute Gasteiger partial charge is 0.187 e. The molecule has 26 heteroatoms. The summed E-state index contributed by atoms with van der Waals surface area (Å²) >= 11 is 0. The van der Waals surface area contributed by atoms with E-state index in [2.05, 4.69) is 26.8 Å². The molecule has 6 aliphatic heterocycles. The molecule has 36 atom stereocenters. The highest BCUT2D eigenvalue weighted by molar-refractivity contribution is 5.26. The Morgan fingerprint density at radius 1 is 0.576 bits per heavy atom. The van der Waals surface area contributed by atoms with Crippen molar-refractivity contribution in [3.05, 3.63) is 11.6 Å². The first kappa shape index (κ1) is 66.6. The van der Waals surface area contributed by atoms with Gasteiger partial charge in [0.15, 0.2) is 37.2 Å². The molecule has 9 fully saturated rings. The highest BCUT2D eigenvalue weighted by atomic mass is 16.8. The first-order valence-electron chi connectivity index (χ1n) is 31.0. The summed E-state index contributed by atoms with van der Waals surface area (Å²) in [5.74, 6) is -0.0597. The number of aliphatic hydroxyl groups excluding tert-OH is 14. The van der Waals surface area contributed by atoms with E-state index in [1.54, 1.807) is 14.0 Å². The second kappa shape index (κ2) is 26.4. The molecule has 0 aromatic heterocycles. The van der Waals surface area contributed by atoms with Gasteiger partial charge in [-0.25, -0.2) is 0 Å². The summed E-state index contributed by atoms with van der Waals surface area (Å²) in [6.45, 7) is 11.9. The number of hydrogen-bond acceptors (Lipinski definition) is 26. The Kier molecular flexibility index (Phi) is 20.7. The summed E-state index contributed by atoms with van der Waals surface area (Å²) in [7, 11) is 1.71. The van der Waals surface area contributed by atoms with Crippen LogP contribution in [0, 0.1) is 52.3 Å². The van der Waals surface area contributed by atoms with Gasteiger partial charge in [-0.1, -0.05) is 46.3 Å². The van der Waals surface area contributed by atoms with Crippen molar-refractivity contribution in [2.75, 3.05) is 33.5 Å². The summed E-state index contributed by atoms with van der Waals surface area (Å²) in [5, 5.41) is 151. The molecule has 6 heterocycles. The van der Waals surface area contributed by atoms with Crippen molar-refractivity contribution in [3.8, 4) is 0 Å². The number of rotatable bonds is 18. The highest BCUT2D eigenvalue weighted by Crippen LogP contribution is 2.70. The van der Waals surface area contributed by atoms with Crippen LogP contribution in [0.25, 0.3) is 0 Å². The molecule has 26 nitrogen and oxygen atoms in total. The van der Waals surface area contributed by atoms with Gasteiger partial charge in [0.25, 0.3) is 0 Å². The van der Waals surface area contributed by atoms with Gasteiger partial charge in [-0.05, 0) is 106 Å². The molecule has 4 aliphatic carbocycles. The molecule has 5 unspecified atom stereocenters. The summed E-state index contributed by atoms with van der Waals surface area (Å²) in [4.78, 5) is 0. The molecular formula is C59H98O26. The van der Waals surface area contributed by atoms with Gasteiger partial charge in [-0.15, -0.1) is 0 Å². The van der Waals surface area contributed by atoms with Crippen molar-refractivity contribution >= 4 is 0 Å². The fraction of sp³-hybridized carbons (Fsp3) is 0.966. The van der Waals surface area contributed by atoms with Crippen LogP contribution in [-0.4, -0.2) is 270 Å². The molecule has 85 heavy (non-hydrogen) atoms. The topological polar surface area (TPSA) is 394 Å². The van der Waals surface area contributed by atoms with E-state index in [0.717, 1.165) is 32.1 Å². The van der Waals surface area contributed by atoms with Crippen molar-refractivity contribution in [1.29, 1.82) is 0 Å². The summed E-state index contributed by atoms with van der Waals surface area (Å²) < 4.78 is 74.5. The molecule has 3 saturated carbocycles. The Balaban J connectivity index is 0.823. The number of aliphatic hydroxyl groups is 14. The second-order valence-corrected chi connectivity index (χ2v) is 27.2. The van der Waals surface area contributed by atoms with Crippen LogP contribution in [0.5, 0.6) is 0 Å². The SMILES string of the molecule is CO[C@]1(CC[C@H](C)CO[C@H]2O[C@@H](CO)[C@H](O)[C@@H](O)[C@@H]2O)OC2CC3C4CC=C5C[C@@H](O[C@@H]6O[C@H](CO)[C@@H](O)[C@H](O[C@@H]7O[C@@H](C)[C@H](O)[C@@H](O[C@@H]8O[C@H](CO)[C@@H](C)[C@H](O)[C@H]8O)[C@H]7O)[C@H]6O[C@H]6O[C@@H](C)[C@H](O)[C@@H](O)[C@H]6O)CC[C@]5(C)C4CC[C@]3(C)C2[C@@H]1C. The summed E-state index contributed by atoms with van der Waals surface area (Å²) in [6, 6.07) is 0. The van der Waals surface area contributed by atoms with Gasteiger partial charge in [-0.3, -0.25) is 0 Å². The minimum atomic E-state index is -1.89. The standard InChI is InChI=1S/C59H98O26/c1-23(22-75-52-46(71)44(69)41(66)35(20-61)80-52)11-16-59(74-8)25(3)37-33(85-59)18-32-30-10-9-28-17-29(12-14-57(28,6)31(30)13-15-58(32,37)7)78-56-51(84-53-47(72)43(68)39(64)26(4)76-53)50(42(67)36(21-62)81-56)83-55-48(73)49(40(65)27(5)77-55)82-54-45(70)38(63)24(2)34(19-60)79-54/h9,23-27,29-56,60-73H,10-22H2,1-8H3/t23-,24+,25-,26-,27-,29-,30?,31?,32?,33?,34+,35-,36+,37?,38-,39-,40-,41-,42+,43+,44+,45+,46-,47+,48+,49+,50-,51+,52-,53+,54-,55-,56+,57-,58-,59+/m0/s1. The Morgan fingerprint density at radius 3 is 1.84 bits per heavy atom. The number of allylic oxidation sites excluding steroid dienone is 1. The van der Waals surface area contributed by atoms with Crippen molar-refractivity contribution in [1.82, 2.24) is 0 Å². The molecule has 0 radical (unpaired) electrons. The first-order valence-corrected chi connectivity index (χ1v) is 31.0. The van der Waals surface area contributed by atoms with Crippen LogP contribution >= 0.6 is 0 Å². The van der Waals surface area contributed by atoms with Crippen molar-refractivity contribution in [2.24, 2.45) is 52.3 Å². The van der Waals surface area contributed by atoms with Gasteiger partial charge in [0.2, 0.25) is 0 Å². The lowest BCUT2D eigenvalue weighted by molar-refractivity contribution is -0.399. The summed E-state index contributed by atoms with van der Waals surface area (Å²) in [6.07, 6.45) is -27.1. The van der Waals surface area contributed by atoms with E-state index in [-0.39, 0.29) is 41.3 Å². The number of fused-ring (bicyclic) bond motifs is 7. The monoisotopic (exact) mass is 1220 g/mol. The highest BCUT2D eigenvalue weighted by Gasteiger charge is 2.69. The van der Waals surface area contributed by atoms with E-state index in [1.165, 1.54) is 19.4 Å². The zero-order valence-electron chi connectivity index (χ0n) is 50.0. The molecule has 490 valence electrons. The van der Waals surface area contributed by atoms with Crippen molar-refractivity contribution < 1.29 is 128 Å². The van der Waals surface area contributed by atoms with Crippen molar-refractivity contribution in [2.45, 2.75) is 272 Å². The minimum absolute atomic E-state index is 0.00883. The van der Waals surface area contributed by atoms with E-state index < -0.39 is 185 Å². The lowest BCUT2D eigenvalue weighted by atomic mass is 9.47. The van der Waals surface area contributed by atoms with E-state index in [4.69, 9.17) is 56.8 Å². The molecule has 0 amide bonds. The fourth-order valence-corrected chi connectivity index (χ4v) is 16.9. The van der Waals surface area contributed by atoms with E-state index in [9.17, 15) is 71.5 Å². The zero-order valence-corrected chi connectivity index (χ0v) is 50.0. The number of methoxy groups -OCH3 is 1. The predicted octanol–water partition coefficient (Wildman–Crippen LogP) is -2.23. The number of hydrogen-bond donors (Lipinski definition) is 14. The lowest BCUT2D eigenvalue weighted by Gasteiger charge is -2.58. The Hall–Kier alpha value is -1.30.